The van der Waals surface area contributed by atoms with E-state index in [9.17, 15) is 8.78 Å². The number of rotatable bonds is 9. The second kappa shape index (κ2) is 9.42. The first kappa shape index (κ1) is 13.9. The van der Waals surface area contributed by atoms with Crippen LogP contribution in [0, 0.1) is 5.92 Å². The van der Waals surface area contributed by atoms with E-state index in [1.807, 2.05) is 0 Å². The van der Waals surface area contributed by atoms with Crippen molar-refractivity contribution < 1.29 is 8.78 Å². The summed E-state index contributed by atoms with van der Waals surface area (Å²) in [6.45, 7) is 4.21. The maximum atomic E-state index is 12.6. The molecule has 86 valence electrons. The normalized spacial score (nSPS) is 11.6. The van der Waals surface area contributed by atoms with Gasteiger partial charge in [0.25, 0.3) is 0 Å². The number of alkyl halides is 2. The van der Waals surface area contributed by atoms with Gasteiger partial charge < -0.3 is 0 Å². The molecule has 0 saturated carbocycles. The zero-order chi connectivity index (χ0) is 10.8. The van der Waals surface area contributed by atoms with E-state index in [2.05, 4.69) is 13.8 Å². The maximum Gasteiger partial charge on any atom is 0.241 e. The van der Waals surface area contributed by atoms with E-state index in [0.717, 1.165) is 51.4 Å². The fourth-order valence-corrected chi connectivity index (χ4v) is 1.71. The average Bonchev–Trinajstić information content (AvgIpc) is 2.15. The zero-order valence-electron chi connectivity index (χ0n) is 9.57. The van der Waals surface area contributed by atoms with E-state index in [0.29, 0.717) is 0 Å². The summed E-state index contributed by atoms with van der Waals surface area (Å²) in [5.41, 5.74) is 0. The van der Waals surface area contributed by atoms with Crippen LogP contribution in [0.15, 0.2) is 0 Å². The fraction of sp³-hybridized carbons (Fsp3) is 1.00. The Morgan fingerprint density at radius 1 is 0.786 bits per heavy atom. The molecule has 0 aromatic carbocycles. The van der Waals surface area contributed by atoms with Crippen LogP contribution in [-0.2, 0) is 0 Å². The van der Waals surface area contributed by atoms with Gasteiger partial charge in [-0.2, -0.15) is 0 Å². The van der Waals surface area contributed by atoms with Gasteiger partial charge in [-0.25, -0.2) is 8.78 Å². The van der Waals surface area contributed by atoms with Crippen LogP contribution >= 0.6 is 0 Å². The Bertz CT molecular complexity index is 103. The molecule has 0 spiro atoms. The molecule has 0 heterocycles. The van der Waals surface area contributed by atoms with Crippen molar-refractivity contribution in [2.24, 2.45) is 5.92 Å². The first-order valence-corrected chi connectivity index (χ1v) is 6.00. The number of hydrogen-bond donors (Lipinski definition) is 0. The summed E-state index contributed by atoms with van der Waals surface area (Å²) in [6.07, 6.45) is 5.69. The smallest absolute Gasteiger partial charge is 0.210 e. The van der Waals surface area contributed by atoms with Crippen molar-refractivity contribution in [3.63, 3.8) is 0 Å². The standard InChI is InChI=1S/C12H24F2/c1-3-5-7-9-11(12(13)14)10-8-6-4-2/h11-12H,3-10H2,1-2H3. The van der Waals surface area contributed by atoms with Crippen LogP contribution in [0.2, 0.25) is 0 Å². The molecule has 0 nitrogen and oxygen atoms in total. The highest BCUT2D eigenvalue weighted by Gasteiger charge is 2.18. The van der Waals surface area contributed by atoms with E-state index in [4.69, 9.17) is 0 Å². The lowest BCUT2D eigenvalue weighted by Crippen LogP contribution is -2.11. The van der Waals surface area contributed by atoms with Crippen molar-refractivity contribution in [3.05, 3.63) is 0 Å². The van der Waals surface area contributed by atoms with Crippen molar-refractivity contribution in [2.45, 2.75) is 71.6 Å². The topological polar surface area (TPSA) is 0 Å². The van der Waals surface area contributed by atoms with Crippen LogP contribution in [-0.4, -0.2) is 6.43 Å². The third kappa shape index (κ3) is 7.28. The molecule has 0 aliphatic carbocycles. The Balaban J connectivity index is 3.55. The third-order valence-corrected chi connectivity index (χ3v) is 2.71. The highest BCUT2D eigenvalue weighted by Crippen LogP contribution is 2.23. The van der Waals surface area contributed by atoms with Crippen molar-refractivity contribution in [1.82, 2.24) is 0 Å². The highest BCUT2D eigenvalue weighted by molar-refractivity contribution is 4.62. The minimum Gasteiger partial charge on any atom is -0.210 e. The molecule has 0 aromatic heterocycles. The van der Waals surface area contributed by atoms with Gasteiger partial charge in [0, 0.05) is 5.92 Å². The van der Waals surface area contributed by atoms with Gasteiger partial charge in [-0.3, -0.25) is 0 Å². The van der Waals surface area contributed by atoms with Crippen LogP contribution in [0.5, 0.6) is 0 Å². The molecule has 0 rings (SSSR count). The van der Waals surface area contributed by atoms with Crippen LogP contribution in [0.25, 0.3) is 0 Å². The molecule has 0 fully saturated rings. The predicted octanol–water partition coefficient (Wildman–Crippen LogP) is 5.03. The highest BCUT2D eigenvalue weighted by atomic mass is 19.3. The summed E-state index contributed by atoms with van der Waals surface area (Å²) in [5.74, 6) is -0.340. The molecule has 14 heavy (non-hydrogen) atoms. The lowest BCUT2D eigenvalue weighted by molar-refractivity contribution is 0.0646. The number of unbranched alkanes of at least 4 members (excludes halogenated alkanes) is 4. The fourth-order valence-electron chi connectivity index (χ4n) is 1.71. The Hall–Kier alpha value is -0.140. The monoisotopic (exact) mass is 206 g/mol. The van der Waals surface area contributed by atoms with E-state index in [1.165, 1.54) is 0 Å². The molecule has 2 heteroatoms. The van der Waals surface area contributed by atoms with E-state index < -0.39 is 6.43 Å². The zero-order valence-corrected chi connectivity index (χ0v) is 9.57. The molecular weight excluding hydrogens is 182 g/mol. The number of halogens is 2. The van der Waals surface area contributed by atoms with E-state index in [-0.39, 0.29) is 5.92 Å². The van der Waals surface area contributed by atoms with E-state index >= 15 is 0 Å². The minimum absolute atomic E-state index is 0.340. The molecule has 0 aromatic rings. The van der Waals surface area contributed by atoms with Crippen molar-refractivity contribution in [3.8, 4) is 0 Å². The van der Waals surface area contributed by atoms with Crippen molar-refractivity contribution in [2.75, 3.05) is 0 Å². The molecular formula is C12H24F2. The molecule has 0 bridgehead atoms. The lowest BCUT2D eigenvalue weighted by atomic mass is 9.95. The van der Waals surface area contributed by atoms with Crippen LogP contribution in [0.4, 0.5) is 8.78 Å². The van der Waals surface area contributed by atoms with Gasteiger partial charge in [0.15, 0.2) is 0 Å². The molecule has 0 N–H and O–H groups in total. The molecule has 0 aliphatic heterocycles. The van der Waals surface area contributed by atoms with E-state index in [1.54, 1.807) is 0 Å². The van der Waals surface area contributed by atoms with Gasteiger partial charge in [0.05, 0.1) is 0 Å². The summed E-state index contributed by atoms with van der Waals surface area (Å²) in [6, 6.07) is 0. The van der Waals surface area contributed by atoms with Crippen molar-refractivity contribution in [1.29, 1.82) is 0 Å². The first-order valence-electron chi connectivity index (χ1n) is 6.00. The summed E-state index contributed by atoms with van der Waals surface area (Å²) >= 11 is 0. The van der Waals surface area contributed by atoms with Gasteiger partial charge >= 0.3 is 0 Å². The molecule has 0 unspecified atom stereocenters. The summed E-state index contributed by atoms with van der Waals surface area (Å²) in [4.78, 5) is 0. The summed E-state index contributed by atoms with van der Waals surface area (Å²) in [5, 5.41) is 0. The Labute approximate surface area is 87.1 Å². The van der Waals surface area contributed by atoms with Crippen LogP contribution in [0.1, 0.15) is 65.2 Å². The molecule has 0 amide bonds. The van der Waals surface area contributed by atoms with Gasteiger partial charge in [0.1, 0.15) is 0 Å². The molecule has 0 atom stereocenters. The maximum absolute atomic E-state index is 12.6. The Morgan fingerprint density at radius 2 is 1.21 bits per heavy atom. The molecule has 0 saturated heterocycles. The average molecular weight is 206 g/mol. The van der Waals surface area contributed by atoms with Gasteiger partial charge in [0.2, 0.25) is 6.43 Å². The summed E-state index contributed by atoms with van der Waals surface area (Å²) < 4.78 is 25.1. The Morgan fingerprint density at radius 3 is 1.50 bits per heavy atom. The predicted molar refractivity (Wildman–Crippen MR) is 57.8 cm³/mol. The molecule has 0 aliphatic rings. The van der Waals surface area contributed by atoms with Gasteiger partial charge in [-0.05, 0) is 12.8 Å². The van der Waals surface area contributed by atoms with Crippen LogP contribution in [0.3, 0.4) is 0 Å². The van der Waals surface area contributed by atoms with Gasteiger partial charge in [-0.1, -0.05) is 52.4 Å². The van der Waals surface area contributed by atoms with Crippen LogP contribution < -0.4 is 0 Å². The quantitative estimate of drug-likeness (QED) is 0.464. The largest absolute Gasteiger partial charge is 0.241 e. The second-order valence-electron chi connectivity index (χ2n) is 4.09. The van der Waals surface area contributed by atoms with Crippen molar-refractivity contribution >= 4 is 0 Å². The SMILES string of the molecule is CCCCCC(CCCCC)C(F)F. The number of hydrogen-bond acceptors (Lipinski definition) is 0. The lowest BCUT2D eigenvalue weighted by Gasteiger charge is -2.15. The minimum atomic E-state index is -2.11. The molecule has 0 radical (unpaired) electrons. The van der Waals surface area contributed by atoms with Gasteiger partial charge in [-0.15, -0.1) is 0 Å². The first-order chi connectivity index (χ1) is 6.72. The third-order valence-electron chi connectivity index (χ3n) is 2.71. The second-order valence-corrected chi connectivity index (χ2v) is 4.09. The summed E-state index contributed by atoms with van der Waals surface area (Å²) in [7, 11) is 0. The Kier molecular flexibility index (Phi) is 9.32.